The molecule has 0 radical (unpaired) electrons. The Kier molecular flexibility index (Phi) is 3.84. The summed E-state index contributed by atoms with van der Waals surface area (Å²) in [7, 11) is 0. The second kappa shape index (κ2) is 4.80. The van der Waals surface area contributed by atoms with Crippen LogP contribution in [0.1, 0.15) is 45.9 Å². The van der Waals surface area contributed by atoms with Crippen molar-refractivity contribution >= 4 is 23.3 Å². The fourth-order valence-corrected chi connectivity index (χ4v) is 1.87. The number of carbonyl (C=O) groups excluding carboxylic acids is 1. The van der Waals surface area contributed by atoms with E-state index in [1.54, 1.807) is 20.8 Å². The SMILES string of the molecule is CC(C)(C)OC(=O)c1sc(CN)nc1C(=O)O. The highest BCUT2D eigenvalue weighted by Crippen LogP contribution is 2.22. The highest BCUT2D eigenvalue weighted by atomic mass is 32.1. The molecule has 1 heterocycles. The number of nitrogens with two attached hydrogens (primary N) is 1. The molecule has 3 N–H and O–H groups in total. The number of hydrogen-bond acceptors (Lipinski definition) is 6. The third-order valence-corrected chi connectivity index (χ3v) is 2.69. The smallest absolute Gasteiger partial charge is 0.356 e. The molecule has 0 amide bonds. The molecule has 17 heavy (non-hydrogen) atoms. The molecule has 94 valence electrons. The highest BCUT2D eigenvalue weighted by molar-refractivity contribution is 7.13. The molecule has 1 rings (SSSR count). The summed E-state index contributed by atoms with van der Waals surface area (Å²) in [5.74, 6) is -1.95. The van der Waals surface area contributed by atoms with Gasteiger partial charge in [-0.2, -0.15) is 0 Å². The Bertz CT molecular complexity index is 448. The standard InChI is InChI=1S/C10H14N2O4S/c1-10(2,3)16-9(15)7-6(8(13)14)12-5(4-11)17-7/h4,11H2,1-3H3,(H,13,14). The maximum absolute atomic E-state index is 11.8. The topological polar surface area (TPSA) is 103 Å². The van der Waals surface area contributed by atoms with Crippen LogP contribution in [0.15, 0.2) is 0 Å². The lowest BCUT2D eigenvalue weighted by Crippen LogP contribution is -2.24. The first-order valence-corrected chi connectivity index (χ1v) is 5.72. The second-order valence-electron chi connectivity index (χ2n) is 4.30. The van der Waals surface area contributed by atoms with Gasteiger partial charge in [-0.25, -0.2) is 14.6 Å². The van der Waals surface area contributed by atoms with Crippen LogP contribution >= 0.6 is 11.3 Å². The summed E-state index contributed by atoms with van der Waals surface area (Å²) in [6.45, 7) is 5.20. The highest BCUT2D eigenvalue weighted by Gasteiger charge is 2.27. The molecule has 0 atom stereocenters. The molecule has 1 aromatic rings. The maximum Gasteiger partial charge on any atom is 0.356 e. The van der Waals surface area contributed by atoms with E-state index in [1.807, 2.05) is 0 Å². The summed E-state index contributed by atoms with van der Waals surface area (Å²) in [5.41, 5.74) is 4.38. The van der Waals surface area contributed by atoms with E-state index in [0.29, 0.717) is 5.01 Å². The van der Waals surface area contributed by atoms with Gasteiger partial charge in [0.2, 0.25) is 0 Å². The number of carboxylic acid groups (broad SMARTS) is 1. The number of aromatic nitrogens is 1. The van der Waals surface area contributed by atoms with E-state index in [4.69, 9.17) is 15.6 Å². The van der Waals surface area contributed by atoms with Crippen molar-refractivity contribution in [2.45, 2.75) is 32.9 Å². The van der Waals surface area contributed by atoms with Gasteiger partial charge in [0.1, 0.15) is 15.5 Å². The molecule has 7 heteroatoms. The molecule has 0 saturated carbocycles. The molecule has 0 aliphatic carbocycles. The maximum atomic E-state index is 11.8. The Hall–Kier alpha value is -1.47. The van der Waals surface area contributed by atoms with Crippen LogP contribution in [-0.2, 0) is 11.3 Å². The van der Waals surface area contributed by atoms with Crippen molar-refractivity contribution in [1.82, 2.24) is 4.98 Å². The summed E-state index contributed by atoms with van der Waals surface area (Å²) >= 11 is 0.945. The van der Waals surface area contributed by atoms with Gasteiger partial charge < -0.3 is 15.6 Å². The number of carbonyl (C=O) groups is 2. The minimum atomic E-state index is -1.26. The monoisotopic (exact) mass is 258 g/mol. The average Bonchev–Trinajstić information content (AvgIpc) is 2.58. The van der Waals surface area contributed by atoms with Crippen LogP contribution in [0.4, 0.5) is 0 Å². The van der Waals surface area contributed by atoms with Gasteiger partial charge in [-0.05, 0) is 20.8 Å². The van der Waals surface area contributed by atoms with E-state index in [-0.39, 0.29) is 17.1 Å². The van der Waals surface area contributed by atoms with Crippen molar-refractivity contribution in [1.29, 1.82) is 0 Å². The number of carboxylic acids is 1. The van der Waals surface area contributed by atoms with E-state index < -0.39 is 17.5 Å². The third kappa shape index (κ3) is 3.50. The van der Waals surface area contributed by atoms with Gasteiger partial charge in [0.15, 0.2) is 5.69 Å². The average molecular weight is 258 g/mol. The molecule has 0 spiro atoms. The van der Waals surface area contributed by atoms with Crippen LogP contribution in [0.5, 0.6) is 0 Å². The molecule has 6 nitrogen and oxygen atoms in total. The van der Waals surface area contributed by atoms with Crippen LogP contribution in [-0.4, -0.2) is 27.6 Å². The molecule has 0 bridgehead atoms. The summed E-state index contributed by atoms with van der Waals surface area (Å²) in [6.07, 6.45) is 0. The van der Waals surface area contributed by atoms with Crippen molar-refractivity contribution in [3.05, 3.63) is 15.6 Å². The Morgan fingerprint density at radius 3 is 2.47 bits per heavy atom. The number of aromatic carboxylic acids is 1. The molecule has 0 aliphatic rings. The fourth-order valence-electron chi connectivity index (χ4n) is 1.06. The van der Waals surface area contributed by atoms with E-state index in [1.165, 1.54) is 0 Å². The lowest BCUT2D eigenvalue weighted by Gasteiger charge is -2.18. The summed E-state index contributed by atoms with van der Waals surface area (Å²) < 4.78 is 5.10. The van der Waals surface area contributed by atoms with Gasteiger partial charge in [0.05, 0.1) is 0 Å². The first-order chi connectivity index (χ1) is 7.74. The number of esters is 1. The molecular formula is C10H14N2O4S. The lowest BCUT2D eigenvalue weighted by atomic mass is 10.2. The van der Waals surface area contributed by atoms with Gasteiger partial charge in [-0.3, -0.25) is 0 Å². The quantitative estimate of drug-likeness (QED) is 0.791. The van der Waals surface area contributed by atoms with Crippen LogP contribution in [0.2, 0.25) is 0 Å². The van der Waals surface area contributed by atoms with Crippen molar-refractivity contribution < 1.29 is 19.4 Å². The zero-order valence-electron chi connectivity index (χ0n) is 9.81. The number of rotatable bonds is 3. The summed E-state index contributed by atoms with van der Waals surface area (Å²) in [4.78, 5) is 26.4. The van der Waals surface area contributed by atoms with Gasteiger partial charge in [-0.15, -0.1) is 11.3 Å². The molecule has 0 saturated heterocycles. The summed E-state index contributed by atoms with van der Waals surface area (Å²) in [5, 5.41) is 9.31. The largest absolute Gasteiger partial charge is 0.476 e. The molecular weight excluding hydrogens is 244 g/mol. The molecule has 0 aromatic carbocycles. The molecule has 0 fully saturated rings. The lowest BCUT2D eigenvalue weighted by molar-refractivity contribution is 0.00713. The second-order valence-corrected chi connectivity index (χ2v) is 5.38. The van der Waals surface area contributed by atoms with E-state index in [2.05, 4.69) is 4.98 Å². The summed E-state index contributed by atoms with van der Waals surface area (Å²) in [6, 6.07) is 0. The van der Waals surface area contributed by atoms with E-state index in [0.717, 1.165) is 11.3 Å². The third-order valence-electron chi connectivity index (χ3n) is 1.63. The number of nitrogens with zero attached hydrogens (tertiary/aromatic N) is 1. The first kappa shape index (κ1) is 13.6. The zero-order valence-corrected chi connectivity index (χ0v) is 10.6. The van der Waals surface area contributed by atoms with E-state index >= 15 is 0 Å². The van der Waals surface area contributed by atoms with Crippen molar-refractivity contribution in [3.8, 4) is 0 Å². The van der Waals surface area contributed by atoms with Crippen LogP contribution in [0.3, 0.4) is 0 Å². The van der Waals surface area contributed by atoms with E-state index in [9.17, 15) is 9.59 Å². The fraction of sp³-hybridized carbons (Fsp3) is 0.500. The van der Waals surface area contributed by atoms with Crippen molar-refractivity contribution in [2.75, 3.05) is 0 Å². The number of hydrogen-bond donors (Lipinski definition) is 2. The Morgan fingerprint density at radius 1 is 1.47 bits per heavy atom. The normalized spacial score (nSPS) is 11.3. The van der Waals surface area contributed by atoms with Crippen molar-refractivity contribution in [2.24, 2.45) is 5.73 Å². The predicted molar refractivity (Wildman–Crippen MR) is 62.1 cm³/mol. The Labute approximate surface area is 102 Å². The van der Waals surface area contributed by atoms with Gasteiger partial charge in [0, 0.05) is 6.54 Å². The first-order valence-electron chi connectivity index (χ1n) is 4.91. The number of thiazole rings is 1. The van der Waals surface area contributed by atoms with Gasteiger partial charge in [0.25, 0.3) is 0 Å². The predicted octanol–water partition coefficient (Wildman–Crippen LogP) is 1.26. The molecule has 1 aromatic heterocycles. The minimum Gasteiger partial charge on any atom is -0.476 e. The minimum absolute atomic E-state index is 0.0205. The Morgan fingerprint density at radius 2 is 2.06 bits per heavy atom. The number of ether oxygens (including phenoxy) is 1. The molecule has 0 aliphatic heterocycles. The zero-order chi connectivity index (χ0) is 13.2. The van der Waals surface area contributed by atoms with Crippen LogP contribution in [0.25, 0.3) is 0 Å². The molecule has 0 unspecified atom stereocenters. The van der Waals surface area contributed by atoms with Gasteiger partial charge >= 0.3 is 11.9 Å². The van der Waals surface area contributed by atoms with Crippen LogP contribution < -0.4 is 5.73 Å². The van der Waals surface area contributed by atoms with Crippen LogP contribution in [0, 0.1) is 0 Å². The Balaban J connectivity index is 3.08. The van der Waals surface area contributed by atoms with Crippen molar-refractivity contribution in [3.63, 3.8) is 0 Å². The van der Waals surface area contributed by atoms with Gasteiger partial charge in [-0.1, -0.05) is 0 Å².